The topological polar surface area (TPSA) is 61.0 Å². The van der Waals surface area contributed by atoms with E-state index in [1.807, 2.05) is 24.3 Å². The number of aromatic amines is 1. The Labute approximate surface area is 143 Å². The Hall–Kier alpha value is -2.14. The minimum atomic E-state index is -0.0238. The van der Waals surface area contributed by atoms with Gasteiger partial charge in [-0.3, -0.25) is 4.79 Å². The van der Waals surface area contributed by atoms with Gasteiger partial charge in [-0.15, -0.1) is 0 Å². The zero-order valence-electron chi connectivity index (χ0n) is 14.5. The standard InChI is InChI=1S/C19H26N4O/c1-14(2)12-23-10-7-15(13-23)11-22-19(24)17-6-4-3-5-16(17)18-20-8-9-21-18/h3-6,8-9,14-15H,7,10-13H2,1-2H3,(H,20,21)(H,22,24). The quantitative estimate of drug-likeness (QED) is 0.858. The highest BCUT2D eigenvalue weighted by molar-refractivity contribution is 6.00. The summed E-state index contributed by atoms with van der Waals surface area (Å²) in [5, 5.41) is 3.11. The van der Waals surface area contributed by atoms with E-state index in [0.717, 1.165) is 44.0 Å². The number of rotatable bonds is 6. The lowest BCUT2D eigenvalue weighted by Crippen LogP contribution is -2.32. The number of hydrogen-bond acceptors (Lipinski definition) is 3. The Morgan fingerprint density at radius 3 is 3.00 bits per heavy atom. The Bertz CT molecular complexity index is 666. The SMILES string of the molecule is CC(C)CN1CCC(CNC(=O)c2ccccc2-c2ncc[nH]2)C1. The first kappa shape index (κ1) is 16.7. The van der Waals surface area contributed by atoms with Gasteiger partial charge in [0.25, 0.3) is 5.91 Å². The Balaban J connectivity index is 1.59. The van der Waals surface area contributed by atoms with Crippen LogP contribution in [-0.2, 0) is 0 Å². The van der Waals surface area contributed by atoms with Gasteiger partial charge in [0, 0.05) is 37.6 Å². The fourth-order valence-corrected chi connectivity index (χ4v) is 3.39. The summed E-state index contributed by atoms with van der Waals surface area (Å²) in [6.07, 6.45) is 4.63. The maximum atomic E-state index is 12.6. The van der Waals surface area contributed by atoms with Gasteiger partial charge in [0.05, 0.1) is 5.56 Å². The van der Waals surface area contributed by atoms with Crippen LogP contribution in [0.25, 0.3) is 11.4 Å². The van der Waals surface area contributed by atoms with Crippen LogP contribution in [0.2, 0.25) is 0 Å². The molecule has 1 amide bonds. The van der Waals surface area contributed by atoms with Crippen LogP contribution in [0.15, 0.2) is 36.7 Å². The molecular formula is C19H26N4O. The molecule has 0 radical (unpaired) electrons. The third-order valence-corrected chi connectivity index (χ3v) is 4.47. The molecule has 5 heteroatoms. The number of benzene rings is 1. The third kappa shape index (κ3) is 4.03. The first-order valence-corrected chi connectivity index (χ1v) is 8.73. The predicted octanol–water partition coefficient (Wildman–Crippen LogP) is 2.78. The van der Waals surface area contributed by atoms with E-state index in [1.165, 1.54) is 0 Å². The lowest BCUT2D eigenvalue weighted by molar-refractivity contribution is 0.0948. The molecule has 0 saturated carbocycles. The van der Waals surface area contributed by atoms with Crippen molar-refractivity contribution in [1.82, 2.24) is 20.2 Å². The lowest BCUT2D eigenvalue weighted by Gasteiger charge is -2.18. The number of carbonyl (C=O) groups excluding carboxylic acids is 1. The molecule has 2 N–H and O–H groups in total. The molecule has 0 aliphatic carbocycles. The zero-order chi connectivity index (χ0) is 16.9. The van der Waals surface area contributed by atoms with Gasteiger partial charge in [0.2, 0.25) is 0 Å². The number of nitrogens with one attached hydrogen (secondary N) is 2. The summed E-state index contributed by atoms with van der Waals surface area (Å²) in [5.74, 6) is 1.94. The van der Waals surface area contributed by atoms with Crippen molar-refractivity contribution >= 4 is 5.91 Å². The molecule has 1 aliphatic heterocycles. The van der Waals surface area contributed by atoms with Crippen LogP contribution in [0.5, 0.6) is 0 Å². The van der Waals surface area contributed by atoms with Gasteiger partial charge in [-0.05, 0) is 30.9 Å². The highest BCUT2D eigenvalue weighted by Gasteiger charge is 2.23. The van der Waals surface area contributed by atoms with Gasteiger partial charge in [-0.2, -0.15) is 0 Å². The van der Waals surface area contributed by atoms with E-state index in [2.05, 4.69) is 34.0 Å². The van der Waals surface area contributed by atoms with Crippen LogP contribution in [0.1, 0.15) is 30.6 Å². The number of aromatic nitrogens is 2. The van der Waals surface area contributed by atoms with Crippen LogP contribution >= 0.6 is 0 Å². The maximum Gasteiger partial charge on any atom is 0.252 e. The van der Waals surface area contributed by atoms with Crippen molar-refractivity contribution in [1.29, 1.82) is 0 Å². The van der Waals surface area contributed by atoms with Crippen molar-refractivity contribution in [2.24, 2.45) is 11.8 Å². The molecule has 1 saturated heterocycles. The van der Waals surface area contributed by atoms with Gasteiger partial charge in [0.1, 0.15) is 5.82 Å². The minimum Gasteiger partial charge on any atom is -0.352 e. The summed E-state index contributed by atoms with van der Waals surface area (Å²) in [6.45, 7) is 8.60. The zero-order valence-corrected chi connectivity index (χ0v) is 14.5. The summed E-state index contributed by atoms with van der Waals surface area (Å²) in [7, 11) is 0. The second-order valence-electron chi connectivity index (χ2n) is 7.00. The van der Waals surface area contributed by atoms with E-state index >= 15 is 0 Å². The molecule has 1 atom stereocenters. The molecule has 1 aliphatic rings. The second kappa shape index (κ2) is 7.62. The summed E-state index contributed by atoms with van der Waals surface area (Å²) >= 11 is 0. The molecule has 2 aromatic rings. The van der Waals surface area contributed by atoms with Crippen LogP contribution in [0.3, 0.4) is 0 Å². The molecule has 1 unspecified atom stereocenters. The van der Waals surface area contributed by atoms with E-state index in [0.29, 0.717) is 17.4 Å². The van der Waals surface area contributed by atoms with Crippen LogP contribution in [-0.4, -0.2) is 47.0 Å². The number of H-pyrrole nitrogens is 1. The molecule has 24 heavy (non-hydrogen) atoms. The van der Waals surface area contributed by atoms with E-state index < -0.39 is 0 Å². The predicted molar refractivity (Wildman–Crippen MR) is 95.7 cm³/mol. The normalized spacial score (nSPS) is 18.2. The van der Waals surface area contributed by atoms with Gasteiger partial charge >= 0.3 is 0 Å². The monoisotopic (exact) mass is 326 g/mol. The number of likely N-dealkylation sites (tertiary alicyclic amines) is 1. The first-order chi connectivity index (χ1) is 11.6. The van der Waals surface area contributed by atoms with Crippen LogP contribution < -0.4 is 5.32 Å². The van der Waals surface area contributed by atoms with E-state index in [-0.39, 0.29) is 5.91 Å². The molecule has 2 heterocycles. The molecular weight excluding hydrogens is 300 g/mol. The largest absolute Gasteiger partial charge is 0.352 e. The second-order valence-corrected chi connectivity index (χ2v) is 7.00. The van der Waals surface area contributed by atoms with Crippen LogP contribution in [0.4, 0.5) is 0 Å². The van der Waals surface area contributed by atoms with Gasteiger partial charge in [-0.25, -0.2) is 4.98 Å². The molecule has 0 spiro atoms. The minimum absolute atomic E-state index is 0.0238. The average molecular weight is 326 g/mol. The van der Waals surface area contributed by atoms with Crippen molar-refractivity contribution in [2.75, 3.05) is 26.2 Å². The van der Waals surface area contributed by atoms with Crippen molar-refractivity contribution in [3.05, 3.63) is 42.2 Å². The number of nitrogens with zero attached hydrogens (tertiary/aromatic N) is 2. The molecule has 5 nitrogen and oxygen atoms in total. The molecule has 1 aromatic carbocycles. The summed E-state index contributed by atoms with van der Waals surface area (Å²) in [5.41, 5.74) is 1.51. The van der Waals surface area contributed by atoms with E-state index in [9.17, 15) is 4.79 Å². The van der Waals surface area contributed by atoms with Crippen molar-refractivity contribution in [2.45, 2.75) is 20.3 Å². The number of amides is 1. The number of carbonyl (C=O) groups is 1. The van der Waals surface area contributed by atoms with Crippen LogP contribution in [0, 0.1) is 11.8 Å². The highest BCUT2D eigenvalue weighted by Crippen LogP contribution is 2.20. The van der Waals surface area contributed by atoms with Crippen molar-refractivity contribution in [3.8, 4) is 11.4 Å². The fourth-order valence-electron chi connectivity index (χ4n) is 3.39. The molecule has 1 fully saturated rings. The first-order valence-electron chi connectivity index (χ1n) is 8.73. The van der Waals surface area contributed by atoms with Gasteiger partial charge < -0.3 is 15.2 Å². The maximum absolute atomic E-state index is 12.6. The van der Waals surface area contributed by atoms with Crippen molar-refractivity contribution < 1.29 is 4.79 Å². The van der Waals surface area contributed by atoms with Gasteiger partial charge in [-0.1, -0.05) is 32.0 Å². The van der Waals surface area contributed by atoms with Gasteiger partial charge in [0.15, 0.2) is 0 Å². The van der Waals surface area contributed by atoms with Crippen molar-refractivity contribution in [3.63, 3.8) is 0 Å². The summed E-state index contributed by atoms with van der Waals surface area (Å²) < 4.78 is 0. The number of imidazole rings is 1. The Morgan fingerprint density at radius 1 is 1.42 bits per heavy atom. The molecule has 1 aromatic heterocycles. The lowest BCUT2D eigenvalue weighted by atomic mass is 10.1. The summed E-state index contributed by atoms with van der Waals surface area (Å²) in [4.78, 5) is 22.4. The average Bonchev–Trinajstić information content (AvgIpc) is 3.24. The fraction of sp³-hybridized carbons (Fsp3) is 0.474. The summed E-state index contributed by atoms with van der Waals surface area (Å²) in [6, 6.07) is 7.59. The smallest absolute Gasteiger partial charge is 0.252 e. The Morgan fingerprint density at radius 2 is 2.25 bits per heavy atom. The highest BCUT2D eigenvalue weighted by atomic mass is 16.1. The number of hydrogen-bond donors (Lipinski definition) is 2. The molecule has 128 valence electrons. The Kier molecular flexibility index (Phi) is 5.30. The van der Waals surface area contributed by atoms with E-state index in [1.54, 1.807) is 12.4 Å². The van der Waals surface area contributed by atoms with E-state index in [4.69, 9.17) is 0 Å². The molecule has 3 rings (SSSR count). The molecule has 0 bridgehead atoms. The third-order valence-electron chi connectivity index (χ3n) is 4.47.